The molecular formula is C25H37BrN2O5S. The normalized spacial score (nSPS) is 32.6. The van der Waals surface area contributed by atoms with E-state index in [0.717, 1.165) is 19.3 Å². The lowest BCUT2D eigenvalue weighted by molar-refractivity contribution is -0.154. The largest absolute Gasteiger partial charge is 0.465 e. The van der Waals surface area contributed by atoms with Crippen molar-refractivity contribution in [3.63, 3.8) is 0 Å². The van der Waals surface area contributed by atoms with E-state index in [1.807, 2.05) is 19.9 Å². The number of carbonyl (C=O) groups excluding carboxylic acids is 3. The highest BCUT2D eigenvalue weighted by Gasteiger charge is 2.76. The Balaban J connectivity index is 1.96. The maximum Gasteiger partial charge on any atom is 0.310 e. The highest BCUT2D eigenvalue weighted by molar-refractivity contribution is 9.09. The maximum absolute atomic E-state index is 14.0. The van der Waals surface area contributed by atoms with Gasteiger partial charge >= 0.3 is 5.97 Å². The average molecular weight is 558 g/mol. The number of alkyl halides is 1. The number of amides is 2. The van der Waals surface area contributed by atoms with Gasteiger partial charge in [0.05, 0.1) is 35.8 Å². The molecule has 0 aromatic carbocycles. The van der Waals surface area contributed by atoms with Crippen molar-refractivity contribution in [2.75, 3.05) is 19.8 Å². The zero-order valence-corrected chi connectivity index (χ0v) is 22.7. The number of likely N-dealkylation sites (tertiary alicyclic amines) is 1. The van der Waals surface area contributed by atoms with Crippen molar-refractivity contribution in [2.24, 2.45) is 11.8 Å². The number of halogens is 1. The zero-order valence-electron chi connectivity index (χ0n) is 20.3. The van der Waals surface area contributed by atoms with Gasteiger partial charge in [0.15, 0.2) is 0 Å². The molecule has 0 aliphatic carbocycles. The van der Waals surface area contributed by atoms with Crippen LogP contribution in [-0.4, -0.2) is 85.4 Å². The molecule has 190 valence electrons. The van der Waals surface area contributed by atoms with Crippen molar-refractivity contribution in [1.82, 2.24) is 9.80 Å². The molecule has 3 rings (SSSR count). The molecule has 3 unspecified atom stereocenters. The second-order valence-corrected chi connectivity index (χ2v) is 12.5. The van der Waals surface area contributed by atoms with Gasteiger partial charge in [0.25, 0.3) is 0 Å². The molecule has 0 aromatic heterocycles. The van der Waals surface area contributed by atoms with Gasteiger partial charge in [-0.25, -0.2) is 0 Å². The van der Waals surface area contributed by atoms with Crippen LogP contribution in [0.5, 0.6) is 0 Å². The number of allylic oxidation sites excluding steroid dienone is 1. The van der Waals surface area contributed by atoms with E-state index in [4.69, 9.17) is 4.74 Å². The molecule has 0 aromatic rings. The topological polar surface area (TPSA) is 87.1 Å². The van der Waals surface area contributed by atoms with E-state index in [-0.39, 0.29) is 40.5 Å². The van der Waals surface area contributed by atoms with E-state index in [2.05, 4.69) is 29.1 Å². The fourth-order valence-corrected chi connectivity index (χ4v) is 9.27. The molecule has 0 saturated carbocycles. The summed E-state index contributed by atoms with van der Waals surface area (Å²) in [5.41, 5.74) is 0. The summed E-state index contributed by atoms with van der Waals surface area (Å²) in [5.74, 6) is -2.01. The Hall–Kier alpha value is -1.32. The number of esters is 1. The van der Waals surface area contributed by atoms with Gasteiger partial charge < -0.3 is 19.6 Å². The first-order chi connectivity index (χ1) is 16.2. The Labute approximate surface area is 215 Å². The molecule has 7 atom stereocenters. The molecular weight excluding hydrogens is 520 g/mol. The summed E-state index contributed by atoms with van der Waals surface area (Å²) in [6.07, 6.45) is 6.62. The Bertz CT molecular complexity index is 823. The van der Waals surface area contributed by atoms with Gasteiger partial charge in [0, 0.05) is 22.7 Å². The smallest absolute Gasteiger partial charge is 0.310 e. The third kappa shape index (κ3) is 4.60. The Kier molecular flexibility index (Phi) is 8.96. The van der Waals surface area contributed by atoms with Gasteiger partial charge in [-0.3, -0.25) is 14.4 Å². The number of hydrogen-bond donors (Lipinski definition) is 1. The van der Waals surface area contributed by atoms with Crippen LogP contribution in [0.1, 0.15) is 46.5 Å². The highest BCUT2D eigenvalue weighted by atomic mass is 79.9. The number of nitrogens with zero attached hydrogens (tertiary/aromatic N) is 2. The molecule has 3 aliphatic heterocycles. The van der Waals surface area contributed by atoms with E-state index in [0.29, 0.717) is 19.6 Å². The van der Waals surface area contributed by atoms with E-state index < -0.39 is 28.7 Å². The molecule has 3 aliphatic rings. The number of ether oxygens (including phenoxy) is 1. The minimum Gasteiger partial charge on any atom is -0.465 e. The van der Waals surface area contributed by atoms with Crippen LogP contribution >= 0.6 is 27.7 Å². The number of fused-ring (bicyclic) bond motifs is 1. The van der Waals surface area contributed by atoms with Crippen LogP contribution in [0.25, 0.3) is 0 Å². The van der Waals surface area contributed by atoms with Crippen LogP contribution in [-0.2, 0) is 19.1 Å². The highest BCUT2D eigenvalue weighted by Crippen LogP contribution is 2.68. The van der Waals surface area contributed by atoms with Crippen molar-refractivity contribution >= 4 is 45.5 Å². The Morgan fingerprint density at radius 2 is 2.03 bits per heavy atom. The zero-order chi connectivity index (χ0) is 25.2. The molecule has 9 heteroatoms. The van der Waals surface area contributed by atoms with Crippen molar-refractivity contribution in [2.45, 2.75) is 79.4 Å². The van der Waals surface area contributed by atoms with Crippen LogP contribution in [0, 0.1) is 11.8 Å². The summed E-state index contributed by atoms with van der Waals surface area (Å²) in [7, 11) is 0. The number of rotatable bonds is 12. The van der Waals surface area contributed by atoms with Crippen molar-refractivity contribution in [3.05, 3.63) is 25.3 Å². The first-order valence-electron chi connectivity index (χ1n) is 12.1. The molecule has 2 bridgehead atoms. The van der Waals surface area contributed by atoms with Gasteiger partial charge in [0.2, 0.25) is 11.8 Å². The van der Waals surface area contributed by atoms with Gasteiger partial charge in [-0.05, 0) is 46.5 Å². The van der Waals surface area contributed by atoms with E-state index in [1.165, 1.54) is 0 Å². The lowest BCUT2D eigenvalue weighted by atomic mass is 9.71. The second kappa shape index (κ2) is 11.2. The lowest BCUT2D eigenvalue weighted by Crippen LogP contribution is -2.58. The van der Waals surface area contributed by atoms with Crippen LogP contribution in [0.15, 0.2) is 25.3 Å². The third-order valence-corrected chi connectivity index (χ3v) is 10.5. The quantitative estimate of drug-likeness (QED) is 0.172. The van der Waals surface area contributed by atoms with Crippen LogP contribution in [0.3, 0.4) is 0 Å². The number of thioether (sulfide) groups is 1. The third-order valence-electron chi connectivity index (χ3n) is 7.25. The fourth-order valence-electron chi connectivity index (χ4n) is 5.69. The first-order valence-corrected chi connectivity index (χ1v) is 13.9. The van der Waals surface area contributed by atoms with E-state index in [1.54, 1.807) is 34.6 Å². The first kappa shape index (κ1) is 27.3. The minimum atomic E-state index is -0.755. The number of unbranched alkanes of at least 4 members (excludes halogenated alkanes) is 2. The minimum absolute atomic E-state index is 0.00791. The van der Waals surface area contributed by atoms with Crippen molar-refractivity contribution in [3.8, 4) is 0 Å². The Morgan fingerprint density at radius 1 is 1.32 bits per heavy atom. The standard InChI is InChI=1S/C25H37BrN2O5S/c1-6-8-9-10-12-33-24(32)18-19-22(30)28(16(5)14-29)21(23(31)27(11-7-2)15(3)4)25(19)13-17(26)20(18)34-25/h6-7,15-21,29H,1-2,8-14H2,3-5H3/t16-,17?,18+,19+,20+,21?,25?/m1/s1. The van der Waals surface area contributed by atoms with Crippen LogP contribution < -0.4 is 0 Å². The Morgan fingerprint density at radius 3 is 2.62 bits per heavy atom. The molecule has 1 N–H and O–H groups in total. The van der Waals surface area contributed by atoms with E-state index >= 15 is 0 Å². The maximum atomic E-state index is 14.0. The average Bonchev–Trinajstić information content (AvgIpc) is 3.39. The summed E-state index contributed by atoms with van der Waals surface area (Å²) in [6, 6.07) is -1.37. The number of aliphatic hydroxyl groups is 1. The van der Waals surface area contributed by atoms with Crippen LogP contribution in [0.4, 0.5) is 0 Å². The molecule has 2 amide bonds. The van der Waals surface area contributed by atoms with Gasteiger partial charge in [-0.2, -0.15) is 0 Å². The molecule has 3 heterocycles. The summed E-state index contributed by atoms with van der Waals surface area (Å²) < 4.78 is 4.89. The predicted molar refractivity (Wildman–Crippen MR) is 138 cm³/mol. The number of carbonyl (C=O) groups is 3. The number of hydrogen-bond acceptors (Lipinski definition) is 6. The number of aliphatic hydroxyl groups excluding tert-OH is 1. The molecule has 0 radical (unpaired) electrons. The van der Waals surface area contributed by atoms with Gasteiger partial charge in [-0.1, -0.05) is 28.1 Å². The predicted octanol–water partition coefficient (Wildman–Crippen LogP) is 3.15. The summed E-state index contributed by atoms with van der Waals surface area (Å²) in [6.45, 7) is 13.5. The summed E-state index contributed by atoms with van der Waals surface area (Å²) in [4.78, 5) is 44.4. The molecule has 7 nitrogen and oxygen atoms in total. The molecule has 34 heavy (non-hydrogen) atoms. The summed E-state index contributed by atoms with van der Waals surface area (Å²) >= 11 is 5.33. The van der Waals surface area contributed by atoms with Gasteiger partial charge in [0.1, 0.15) is 6.04 Å². The molecule has 1 spiro atoms. The van der Waals surface area contributed by atoms with E-state index in [9.17, 15) is 19.5 Å². The van der Waals surface area contributed by atoms with Crippen molar-refractivity contribution in [1.29, 1.82) is 0 Å². The monoisotopic (exact) mass is 556 g/mol. The fraction of sp³-hybridized carbons (Fsp3) is 0.720. The lowest BCUT2D eigenvalue weighted by Gasteiger charge is -2.40. The van der Waals surface area contributed by atoms with Crippen LogP contribution in [0.2, 0.25) is 0 Å². The second-order valence-electron chi connectivity index (χ2n) is 9.77. The van der Waals surface area contributed by atoms with Crippen molar-refractivity contribution < 1.29 is 24.2 Å². The van der Waals surface area contributed by atoms with Gasteiger partial charge in [-0.15, -0.1) is 24.9 Å². The molecule has 3 saturated heterocycles. The SMILES string of the molecule is C=CCCCCOC(=O)[C@H]1[C@H]2C(=O)N([C@H](C)CO)C(C(=O)N(CC=C)C(C)C)C23CC(Br)[C@@H]1S3. The summed E-state index contributed by atoms with van der Waals surface area (Å²) in [5, 5.41) is 9.82. The molecule has 3 fully saturated rings.